The number of aliphatic hydroxyl groups is 1. The molecule has 4 nitrogen and oxygen atoms in total. The molecule has 0 radical (unpaired) electrons. The summed E-state index contributed by atoms with van der Waals surface area (Å²) in [5.41, 5.74) is 1.04. The van der Waals surface area contributed by atoms with E-state index in [0.29, 0.717) is 23.7 Å². The molecule has 1 spiro atoms. The Balaban J connectivity index is 1.52. The van der Waals surface area contributed by atoms with E-state index in [-0.39, 0.29) is 40.2 Å². The molecule has 1 saturated heterocycles. The molecule has 5 aliphatic rings. The first-order valence-electron chi connectivity index (χ1n) is 14.6. The molecule has 1 heterocycles. The molecule has 0 aromatic heterocycles. The van der Waals surface area contributed by atoms with E-state index in [2.05, 4.69) is 66.7 Å². The van der Waals surface area contributed by atoms with Crippen LogP contribution in [0.4, 0.5) is 0 Å². The minimum atomic E-state index is -0.437. The lowest BCUT2D eigenvalue weighted by atomic mass is 9.38. The highest BCUT2D eigenvalue weighted by molar-refractivity contribution is 5.34. The monoisotopic (exact) mass is 500 g/mol. The third kappa shape index (κ3) is 3.20. The van der Waals surface area contributed by atoms with Gasteiger partial charge < -0.3 is 19.3 Å². The SMILES string of the molecule is CO[C@H]1O[C@@]23C=C[C@@H]4[C@]1(CC[C@@]1(C)[C@@H]([C@@H](C)C[C@H](C=C(C)C)OC)CC[C@]41C)[C@@H]2CC[C@H](O)C3(C)C. The van der Waals surface area contributed by atoms with E-state index in [0.717, 1.165) is 25.7 Å². The highest BCUT2D eigenvalue weighted by atomic mass is 16.7. The van der Waals surface area contributed by atoms with Crippen LogP contribution in [0.25, 0.3) is 0 Å². The molecule has 1 N–H and O–H groups in total. The maximum absolute atomic E-state index is 11.1. The lowest BCUT2D eigenvalue weighted by Crippen LogP contribution is -2.65. The largest absolute Gasteiger partial charge is 0.392 e. The van der Waals surface area contributed by atoms with Crippen LogP contribution in [0.2, 0.25) is 0 Å². The van der Waals surface area contributed by atoms with Crippen LogP contribution >= 0.6 is 0 Å². The molecular weight excluding hydrogens is 448 g/mol. The zero-order valence-corrected chi connectivity index (χ0v) is 24.4. The van der Waals surface area contributed by atoms with Crippen LogP contribution in [-0.2, 0) is 14.2 Å². The van der Waals surface area contributed by atoms with E-state index in [1.54, 1.807) is 0 Å². The molecule has 0 aromatic rings. The number of hydrogen-bond acceptors (Lipinski definition) is 4. The maximum Gasteiger partial charge on any atom is 0.164 e. The second kappa shape index (κ2) is 8.66. The van der Waals surface area contributed by atoms with Crippen LogP contribution < -0.4 is 0 Å². The van der Waals surface area contributed by atoms with Crippen molar-refractivity contribution in [2.24, 2.45) is 45.3 Å². The Bertz CT molecular complexity index is 919. The van der Waals surface area contributed by atoms with Gasteiger partial charge in [-0.05, 0) is 87.4 Å². The van der Waals surface area contributed by atoms with Crippen molar-refractivity contribution >= 4 is 0 Å². The lowest BCUT2D eigenvalue weighted by Gasteiger charge is -2.65. The van der Waals surface area contributed by atoms with Crippen molar-refractivity contribution in [2.75, 3.05) is 14.2 Å². The van der Waals surface area contributed by atoms with E-state index in [1.165, 1.54) is 24.8 Å². The van der Waals surface area contributed by atoms with Gasteiger partial charge in [0.05, 0.1) is 12.2 Å². The molecular formula is C32H52O4. The van der Waals surface area contributed by atoms with Crippen LogP contribution in [0, 0.1) is 45.3 Å². The molecule has 5 rings (SSSR count). The lowest BCUT2D eigenvalue weighted by molar-refractivity contribution is -0.225. The van der Waals surface area contributed by atoms with Gasteiger partial charge in [-0.15, -0.1) is 0 Å². The first-order valence-corrected chi connectivity index (χ1v) is 14.6. The average molecular weight is 501 g/mol. The summed E-state index contributed by atoms with van der Waals surface area (Å²) in [6.45, 7) is 16.4. The number of aliphatic hydroxyl groups excluding tert-OH is 1. The van der Waals surface area contributed by atoms with Crippen LogP contribution in [0.3, 0.4) is 0 Å². The van der Waals surface area contributed by atoms with Crippen LogP contribution in [0.1, 0.15) is 93.4 Å². The van der Waals surface area contributed by atoms with Gasteiger partial charge in [-0.3, -0.25) is 0 Å². The van der Waals surface area contributed by atoms with E-state index < -0.39 is 5.60 Å². The van der Waals surface area contributed by atoms with Gasteiger partial charge >= 0.3 is 0 Å². The normalized spacial score (nSPS) is 50.1. The third-order valence-electron chi connectivity index (χ3n) is 12.8. The van der Waals surface area contributed by atoms with Crippen molar-refractivity contribution in [3.63, 3.8) is 0 Å². The summed E-state index contributed by atoms with van der Waals surface area (Å²) in [4.78, 5) is 0. The Hall–Kier alpha value is -0.680. The fraction of sp³-hybridized carbons (Fsp3) is 0.875. The highest BCUT2D eigenvalue weighted by Gasteiger charge is 2.78. The summed E-state index contributed by atoms with van der Waals surface area (Å²) in [6.07, 6.45) is 14.8. The summed E-state index contributed by atoms with van der Waals surface area (Å²) in [6, 6.07) is 0. The van der Waals surface area contributed by atoms with Crippen LogP contribution in [0.15, 0.2) is 23.8 Å². The van der Waals surface area contributed by atoms with E-state index in [1.807, 2.05) is 14.2 Å². The van der Waals surface area contributed by atoms with Crippen molar-refractivity contribution in [3.05, 3.63) is 23.8 Å². The molecule has 0 amide bonds. The predicted molar refractivity (Wildman–Crippen MR) is 144 cm³/mol. The van der Waals surface area contributed by atoms with Gasteiger partial charge in [0.1, 0.15) is 5.60 Å². The Labute approximate surface area is 220 Å². The Kier molecular flexibility index (Phi) is 6.48. The minimum Gasteiger partial charge on any atom is -0.392 e. The van der Waals surface area contributed by atoms with Crippen molar-refractivity contribution in [1.29, 1.82) is 0 Å². The molecule has 2 bridgehead atoms. The Morgan fingerprint density at radius 3 is 2.42 bits per heavy atom. The molecule has 0 unspecified atom stereocenters. The van der Waals surface area contributed by atoms with Crippen LogP contribution in [0.5, 0.6) is 0 Å². The third-order valence-corrected chi connectivity index (χ3v) is 12.8. The summed E-state index contributed by atoms with van der Waals surface area (Å²) in [7, 11) is 3.70. The Morgan fingerprint density at radius 2 is 1.78 bits per heavy atom. The summed E-state index contributed by atoms with van der Waals surface area (Å²) in [5.74, 6) is 2.14. The van der Waals surface area contributed by atoms with E-state index in [4.69, 9.17) is 14.2 Å². The van der Waals surface area contributed by atoms with Gasteiger partial charge in [0.2, 0.25) is 0 Å². The number of ether oxygens (including phenoxy) is 3. The first-order chi connectivity index (χ1) is 16.8. The first kappa shape index (κ1) is 26.9. The van der Waals surface area contributed by atoms with Crippen molar-refractivity contribution < 1.29 is 19.3 Å². The molecule has 1 aliphatic heterocycles. The van der Waals surface area contributed by atoms with Gasteiger partial charge in [0.15, 0.2) is 6.29 Å². The van der Waals surface area contributed by atoms with Crippen molar-refractivity contribution in [3.8, 4) is 0 Å². The fourth-order valence-corrected chi connectivity index (χ4v) is 10.6. The van der Waals surface area contributed by atoms with Gasteiger partial charge in [0.25, 0.3) is 0 Å². The second-order valence-corrected chi connectivity index (χ2v) is 14.5. The quantitative estimate of drug-likeness (QED) is 0.402. The van der Waals surface area contributed by atoms with Gasteiger partial charge in [-0.25, -0.2) is 0 Å². The zero-order chi connectivity index (χ0) is 26.3. The summed E-state index contributed by atoms with van der Waals surface area (Å²) in [5, 5.41) is 11.1. The van der Waals surface area contributed by atoms with Gasteiger partial charge in [-0.1, -0.05) is 58.4 Å². The molecule has 36 heavy (non-hydrogen) atoms. The molecule has 3 saturated carbocycles. The average Bonchev–Trinajstić information content (AvgIpc) is 3.19. The smallest absolute Gasteiger partial charge is 0.164 e. The molecule has 0 aromatic carbocycles. The predicted octanol–water partition coefficient (Wildman–Crippen LogP) is 6.92. The van der Waals surface area contributed by atoms with Crippen molar-refractivity contribution in [1.82, 2.24) is 0 Å². The minimum absolute atomic E-state index is 0.00950. The standard InChI is InChI=1S/C32H52O4/c1-20(2)18-22(34-8)19-21(3)23-12-14-30(7)24-13-15-32-25(10-11-26(33)28(32,4)5)31(24,27(35-9)36-32)17-16-29(23,30)6/h13,15,18,21-27,33H,10-12,14,16-17,19H2,1-9H3/t21-,22-,23+,24-,25-,26-,27-,29-,30+,31+,32-/m0/s1. The van der Waals surface area contributed by atoms with Crippen LogP contribution in [-0.4, -0.2) is 43.4 Å². The van der Waals surface area contributed by atoms with Gasteiger partial charge in [-0.2, -0.15) is 0 Å². The Morgan fingerprint density at radius 1 is 1.06 bits per heavy atom. The molecule has 4 heteroatoms. The number of methoxy groups -OCH3 is 2. The number of hydrogen-bond donors (Lipinski definition) is 1. The molecule has 11 atom stereocenters. The second-order valence-electron chi connectivity index (χ2n) is 14.5. The van der Waals surface area contributed by atoms with E-state index in [9.17, 15) is 5.11 Å². The topological polar surface area (TPSA) is 47.9 Å². The zero-order valence-electron chi connectivity index (χ0n) is 24.4. The number of rotatable bonds is 6. The molecule has 4 fully saturated rings. The number of fused-ring (bicyclic) bond motifs is 2. The molecule has 4 aliphatic carbocycles. The highest BCUT2D eigenvalue weighted by Crippen LogP contribution is 2.78. The fourth-order valence-electron chi connectivity index (χ4n) is 10.6. The van der Waals surface area contributed by atoms with Crippen molar-refractivity contribution in [2.45, 2.75) is 118 Å². The number of allylic oxidation sites excluding steroid dienone is 2. The van der Waals surface area contributed by atoms with E-state index >= 15 is 0 Å². The maximum atomic E-state index is 11.1. The molecule has 204 valence electrons. The summed E-state index contributed by atoms with van der Waals surface area (Å²) < 4.78 is 19.1. The van der Waals surface area contributed by atoms with Gasteiger partial charge in [0, 0.05) is 31.0 Å². The summed E-state index contributed by atoms with van der Waals surface area (Å²) >= 11 is 0.